The molecule has 1 heterocycles. The van der Waals surface area contributed by atoms with Crippen molar-refractivity contribution in [2.75, 3.05) is 51.2 Å². The number of nitrogens with zero attached hydrogens (tertiary/aromatic N) is 3. The van der Waals surface area contributed by atoms with Crippen molar-refractivity contribution in [3.8, 4) is 0 Å². The first-order valence-electron chi connectivity index (χ1n) is 10.4. The predicted molar refractivity (Wildman–Crippen MR) is 125 cm³/mol. The minimum Gasteiger partial charge on any atom is -0.368 e. The van der Waals surface area contributed by atoms with Crippen LogP contribution in [0.15, 0.2) is 18.2 Å². The summed E-state index contributed by atoms with van der Waals surface area (Å²) in [6, 6.07) is 6.09. The molecule has 0 unspecified atom stereocenters. The van der Waals surface area contributed by atoms with E-state index in [4.69, 9.17) is 28.9 Å². The first-order valence-corrected chi connectivity index (χ1v) is 11.1. The Kier molecular flexibility index (Phi) is 9.83. The molecule has 0 aromatic heterocycles. The molecule has 0 atom stereocenters. The minimum absolute atomic E-state index is 0. The summed E-state index contributed by atoms with van der Waals surface area (Å²) in [6.07, 6.45) is 4.85. The Morgan fingerprint density at radius 3 is 2.45 bits per heavy atom. The maximum absolute atomic E-state index is 12.6. The van der Waals surface area contributed by atoms with Crippen LogP contribution in [0.2, 0.25) is 10.0 Å². The van der Waals surface area contributed by atoms with Crippen LogP contribution in [0.25, 0.3) is 0 Å². The molecule has 2 aliphatic rings. The lowest BCUT2D eigenvalue weighted by Gasteiger charge is -2.37. The van der Waals surface area contributed by atoms with Gasteiger partial charge < -0.3 is 15.5 Å². The van der Waals surface area contributed by atoms with E-state index < -0.39 is 0 Å². The molecule has 1 amide bonds. The summed E-state index contributed by atoms with van der Waals surface area (Å²) in [5.74, 6) is 0.475. The van der Waals surface area contributed by atoms with Gasteiger partial charge >= 0.3 is 0 Å². The normalized spacial score (nSPS) is 22.8. The molecule has 1 aliphatic heterocycles. The molecule has 0 spiro atoms. The molecule has 8 heteroatoms. The van der Waals surface area contributed by atoms with E-state index in [-0.39, 0.29) is 24.4 Å². The molecule has 1 saturated heterocycles. The van der Waals surface area contributed by atoms with Crippen molar-refractivity contribution >= 4 is 47.2 Å². The van der Waals surface area contributed by atoms with Crippen molar-refractivity contribution in [2.45, 2.75) is 38.1 Å². The standard InChI is InChI=1S/C21H32Cl2N4O.ClH/c1-25(21(28)16-6-8-17(24)9-7-16)10-3-11-26-12-14-27(15-13-26)19-5-2-4-18(22)20(19)23;/h2,4-5,16-17H,3,6-15,24H2,1H3;1H. The third-order valence-electron chi connectivity index (χ3n) is 6.11. The van der Waals surface area contributed by atoms with Gasteiger partial charge in [0.2, 0.25) is 5.91 Å². The first kappa shape index (κ1) is 24.5. The Morgan fingerprint density at radius 1 is 1.14 bits per heavy atom. The number of anilines is 1. The molecule has 2 N–H and O–H groups in total. The van der Waals surface area contributed by atoms with E-state index in [1.165, 1.54) is 0 Å². The summed E-state index contributed by atoms with van der Waals surface area (Å²) in [5, 5.41) is 1.25. The average molecular weight is 464 g/mol. The van der Waals surface area contributed by atoms with E-state index in [2.05, 4.69) is 9.80 Å². The first-order chi connectivity index (χ1) is 13.5. The zero-order chi connectivity index (χ0) is 20.1. The number of halogens is 3. The quantitative estimate of drug-likeness (QED) is 0.695. The van der Waals surface area contributed by atoms with Gasteiger partial charge in [-0.2, -0.15) is 0 Å². The second kappa shape index (κ2) is 11.6. The maximum Gasteiger partial charge on any atom is 0.225 e. The summed E-state index contributed by atoms with van der Waals surface area (Å²) in [4.78, 5) is 19.3. The highest BCUT2D eigenvalue weighted by Crippen LogP contribution is 2.32. The van der Waals surface area contributed by atoms with Crippen LogP contribution in [0.4, 0.5) is 5.69 Å². The predicted octanol–water partition coefficient (Wildman–Crippen LogP) is 3.90. The minimum atomic E-state index is 0. The molecular weight excluding hydrogens is 431 g/mol. The molecule has 29 heavy (non-hydrogen) atoms. The number of nitrogens with two attached hydrogens (primary N) is 1. The van der Waals surface area contributed by atoms with Crippen LogP contribution in [-0.2, 0) is 4.79 Å². The van der Waals surface area contributed by atoms with Crippen molar-refractivity contribution in [1.82, 2.24) is 9.80 Å². The van der Waals surface area contributed by atoms with E-state index in [9.17, 15) is 4.79 Å². The van der Waals surface area contributed by atoms with Crippen LogP contribution in [0.1, 0.15) is 32.1 Å². The van der Waals surface area contributed by atoms with Gasteiger partial charge in [0.15, 0.2) is 0 Å². The summed E-state index contributed by atoms with van der Waals surface area (Å²) in [7, 11) is 1.94. The van der Waals surface area contributed by atoms with Crippen LogP contribution in [0, 0.1) is 5.92 Å². The number of benzene rings is 1. The van der Waals surface area contributed by atoms with Gasteiger partial charge in [0.05, 0.1) is 15.7 Å². The van der Waals surface area contributed by atoms with Gasteiger partial charge in [-0.05, 0) is 50.8 Å². The fourth-order valence-electron chi connectivity index (χ4n) is 4.27. The number of piperazine rings is 1. The third kappa shape index (κ3) is 6.63. The molecule has 5 nitrogen and oxygen atoms in total. The topological polar surface area (TPSA) is 52.8 Å². The molecule has 164 valence electrons. The fourth-order valence-corrected chi connectivity index (χ4v) is 4.68. The average Bonchev–Trinajstić information content (AvgIpc) is 2.70. The Morgan fingerprint density at radius 2 is 1.79 bits per heavy atom. The van der Waals surface area contributed by atoms with Gasteiger partial charge in [0, 0.05) is 51.7 Å². The lowest BCUT2D eigenvalue weighted by atomic mass is 9.85. The summed E-state index contributed by atoms with van der Waals surface area (Å²) >= 11 is 12.5. The zero-order valence-corrected chi connectivity index (χ0v) is 19.5. The second-order valence-corrected chi connectivity index (χ2v) is 8.91. The van der Waals surface area contributed by atoms with E-state index in [1.807, 2.05) is 30.1 Å². The van der Waals surface area contributed by atoms with Crippen molar-refractivity contribution in [3.05, 3.63) is 28.2 Å². The van der Waals surface area contributed by atoms with Crippen LogP contribution in [-0.4, -0.2) is 68.1 Å². The molecule has 1 saturated carbocycles. The Balaban J connectivity index is 0.00000300. The van der Waals surface area contributed by atoms with Gasteiger partial charge in [-0.3, -0.25) is 9.69 Å². The number of carbonyl (C=O) groups excluding carboxylic acids is 1. The molecule has 2 fully saturated rings. The molecule has 3 rings (SSSR count). The Bertz CT molecular complexity index is 659. The van der Waals surface area contributed by atoms with Crippen molar-refractivity contribution in [2.24, 2.45) is 11.7 Å². The smallest absolute Gasteiger partial charge is 0.225 e. The SMILES string of the molecule is CN(CCCN1CCN(c2cccc(Cl)c2Cl)CC1)C(=O)C1CCC(N)CC1.Cl. The zero-order valence-electron chi connectivity index (χ0n) is 17.2. The highest BCUT2D eigenvalue weighted by atomic mass is 35.5. The molecule has 0 radical (unpaired) electrons. The number of rotatable bonds is 6. The fraction of sp³-hybridized carbons (Fsp3) is 0.667. The third-order valence-corrected chi connectivity index (χ3v) is 6.92. The summed E-state index contributed by atoms with van der Waals surface area (Å²) in [6.45, 7) is 5.72. The number of carbonyl (C=O) groups is 1. The number of amides is 1. The van der Waals surface area contributed by atoms with Gasteiger partial charge in [0.25, 0.3) is 0 Å². The van der Waals surface area contributed by atoms with E-state index in [0.29, 0.717) is 16.0 Å². The second-order valence-electron chi connectivity index (χ2n) is 8.13. The van der Waals surface area contributed by atoms with Gasteiger partial charge in [-0.1, -0.05) is 29.3 Å². The van der Waals surface area contributed by atoms with Gasteiger partial charge in [-0.25, -0.2) is 0 Å². The molecule has 0 bridgehead atoms. The summed E-state index contributed by atoms with van der Waals surface area (Å²) in [5.41, 5.74) is 6.97. The maximum atomic E-state index is 12.6. The molecule has 1 aliphatic carbocycles. The van der Waals surface area contributed by atoms with Crippen molar-refractivity contribution in [3.63, 3.8) is 0 Å². The van der Waals surface area contributed by atoms with E-state index in [0.717, 1.165) is 77.1 Å². The number of hydrogen-bond donors (Lipinski definition) is 1. The monoisotopic (exact) mass is 462 g/mol. The lowest BCUT2D eigenvalue weighted by molar-refractivity contribution is -0.135. The van der Waals surface area contributed by atoms with E-state index in [1.54, 1.807) is 0 Å². The highest BCUT2D eigenvalue weighted by molar-refractivity contribution is 6.43. The molecule has 1 aromatic carbocycles. The Hall–Kier alpha value is -0.720. The molecular formula is C21H33Cl3N4O. The highest BCUT2D eigenvalue weighted by Gasteiger charge is 2.27. The van der Waals surface area contributed by atoms with Gasteiger partial charge in [-0.15, -0.1) is 12.4 Å². The largest absolute Gasteiger partial charge is 0.368 e. The Labute approximate surface area is 190 Å². The van der Waals surface area contributed by atoms with Crippen LogP contribution in [0.3, 0.4) is 0 Å². The van der Waals surface area contributed by atoms with Crippen LogP contribution >= 0.6 is 35.6 Å². The lowest BCUT2D eigenvalue weighted by Crippen LogP contribution is -2.47. The molecule has 1 aromatic rings. The van der Waals surface area contributed by atoms with Gasteiger partial charge in [0.1, 0.15) is 0 Å². The van der Waals surface area contributed by atoms with Crippen LogP contribution < -0.4 is 10.6 Å². The number of hydrogen-bond acceptors (Lipinski definition) is 4. The van der Waals surface area contributed by atoms with Crippen molar-refractivity contribution < 1.29 is 4.79 Å². The van der Waals surface area contributed by atoms with E-state index >= 15 is 0 Å². The van der Waals surface area contributed by atoms with Crippen LogP contribution in [0.5, 0.6) is 0 Å². The van der Waals surface area contributed by atoms with Crippen molar-refractivity contribution in [1.29, 1.82) is 0 Å². The summed E-state index contributed by atoms with van der Waals surface area (Å²) < 4.78 is 0.